The molecule has 0 unspecified atom stereocenters. The fraction of sp³-hybridized carbons (Fsp3) is 0.217. The van der Waals surface area contributed by atoms with E-state index < -0.39 is 17.2 Å². The first-order chi connectivity index (χ1) is 15.9. The molecule has 10 heteroatoms. The highest BCUT2D eigenvalue weighted by Crippen LogP contribution is 2.11. The van der Waals surface area contributed by atoms with Gasteiger partial charge in [0.2, 0.25) is 5.82 Å². The largest absolute Gasteiger partial charge is 0.352 e. The van der Waals surface area contributed by atoms with E-state index in [2.05, 4.69) is 20.6 Å². The van der Waals surface area contributed by atoms with Crippen LogP contribution < -0.4 is 16.6 Å². The van der Waals surface area contributed by atoms with Crippen LogP contribution in [0.15, 0.2) is 62.6 Å². The third kappa shape index (κ3) is 4.49. The van der Waals surface area contributed by atoms with Crippen molar-refractivity contribution in [3.8, 4) is 17.2 Å². The number of nitrogens with zero attached hydrogens (tertiary/aromatic N) is 5. The summed E-state index contributed by atoms with van der Waals surface area (Å²) < 4.78 is 7.19. The van der Waals surface area contributed by atoms with E-state index in [-0.39, 0.29) is 30.5 Å². The number of hydrogen-bond donors (Lipinski definition) is 1. The molecule has 168 valence electrons. The minimum Gasteiger partial charge on any atom is -0.344 e. The Hall–Kier alpha value is -4.34. The number of carbonyl (C=O) groups is 1. The maximum atomic E-state index is 12.8. The molecule has 0 radical (unpaired) electrons. The highest BCUT2D eigenvalue weighted by Gasteiger charge is 2.22. The second-order valence-electron chi connectivity index (χ2n) is 7.52. The third-order valence-electron chi connectivity index (χ3n) is 5.06. The molecule has 10 nitrogen and oxygen atoms in total. The summed E-state index contributed by atoms with van der Waals surface area (Å²) in [6.07, 6.45) is 0. The minimum absolute atomic E-state index is 0.126. The van der Waals surface area contributed by atoms with Crippen molar-refractivity contribution in [2.75, 3.05) is 0 Å². The lowest BCUT2D eigenvalue weighted by molar-refractivity contribution is 0.0907. The predicted molar refractivity (Wildman–Crippen MR) is 120 cm³/mol. The van der Waals surface area contributed by atoms with Crippen molar-refractivity contribution in [3.63, 3.8) is 0 Å². The third-order valence-corrected chi connectivity index (χ3v) is 5.06. The van der Waals surface area contributed by atoms with Gasteiger partial charge in [0, 0.05) is 13.1 Å². The maximum Gasteiger partial charge on any atom is 0.352 e. The first-order valence-corrected chi connectivity index (χ1v) is 10.4. The van der Waals surface area contributed by atoms with Crippen LogP contribution in [0.4, 0.5) is 0 Å². The van der Waals surface area contributed by atoms with Gasteiger partial charge in [-0.3, -0.25) is 14.2 Å². The van der Waals surface area contributed by atoms with Crippen LogP contribution in [0.5, 0.6) is 0 Å². The van der Waals surface area contributed by atoms with Gasteiger partial charge in [-0.1, -0.05) is 52.7 Å². The molecule has 33 heavy (non-hydrogen) atoms. The van der Waals surface area contributed by atoms with E-state index in [0.29, 0.717) is 5.69 Å². The van der Waals surface area contributed by atoms with E-state index in [4.69, 9.17) is 4.52 Å². The summed E-state index contributed by atoms with van der Waals surface area (Å²) in [5.41, 5.74) is 2.06. The van der Waals surface area contributed by atoms with Gasteiger partial charge in [0.05, 0.1) is 5.69 Å². The molecule has 1 N–H and O–H groups in total. The molecule has 0 aliphatic heterocycles. The molecule has 0 aliphatic carbocycles. The molecule has 4 rings (SSSR count). The average molecular weight is 446 g/mol. The first kappa shape index (κ1) is 21.9. The normalized spacial score (nSPS) is 10.9. The Bertz CT molecular complexity index is 1420. The number of rotatable bonds is 6. The van der Waals surface area contributed by atoms with Crippen LogP contribution in [0, 0.1) is 13.8 Å². The van der Waals surface area contributed by atoms with Crippen molar-refractivity contribution >= 4 is 5.91 Å². The number of carbonyl (C=O) groups excluding carboxylic acids is 1. The molecule has 2 aromatic heterocycles. The lowest BCUT2D eigenvalue weighted by atomic mass is 10.1. The van der Waals surface area contributed by atoms with Crippen molar-refractivity contribution in [1.29, 1.82) is 0 Å². The second kappa shape index (κ2) is 9.03. The maximum absolute atomic E-state index is 12.8. The Morgan fingerprint density at radius 2 is 1.64 bits per heavy atom. The number of benzene rings is 2. The zero-order valence-corrected chi connectivity index (χ0v) is 18.4. The van der Waals surface area contributed by atoms with Gasteiger partial charge < -0.3 is 9.84 Å². The molecular weight excluding hydrogens is 424 g/mol. The van der Waals surface area contributed by atoms with Crippen LogP contribution in [0.25, 0.3) is 17.2 Å². The van der Waals surface area contributed by atoms with Gasteiger partial charge >= 0.3 is 17.5 Å². The highest BCUT2D eigenvalue weighted by atomic mass is 16.5. The monoisotopic (exact) mass is 446 g/mol. The van der Waals surface area contributed by atoms with Gasteiger partial charge in [0.15, 0.2) is 5.69 Å². The molecule has 1 amide bonds. The highest BCUT2D eigenvalue weighted by molar-refractivity contribution is 5.89. The Labute approximate surface area is 188 Å². The number of hydrogen-bond acceptors (Lipinski definition) is 7. The minimum atomic E-state index is -0.668. The Balaban J connectivity index is 1.65. The number of nitrogens with one attached hydrogen (secondary N) is 1. The lowest BCUT2D eigenvalue weighted by Gasteiger charge is -2.09. The summed E-state index contributed by atoms with van der Waals surface area (Å²) in [6.45, 7) is 5.97. The topological polar surface area (TPSA) is 125 Å². The Morgan fingerprint density at radius 3 is 2.27 bits per heavy atom. The van der Waals surface area contributed by atoms with Crippen molar-refractivity contribution < 1.29 is 9.32 Å². The van der Waals surface area contributed by atoms with E-state index >= 15 is 0 Å². The van der Waals surface area contributed by atoms with Gasteiger partial charge in [-0.2, -0.15) is 14.8 Å². The smallest absolute Gasteiger partial charge is 0.344 e. The van der Waals surface area contributed by atoms with Crippen LogP contribution in [0.1, 0.15) is 34.3 Å². The predicted octanol–water partition coefficient (Wildman–Crippen LogP) is 2.01. The number of aromatic nitrogens is 5. The molecule has 4 aromatic rings. The molecule has 0 aliphatic rings. The van der Waals surface area contributed by atoms with Crippen LogP contribution in [-0.2, 0) is 13.1 Å². The Kier molecular flexibility index (Phi) is 5.99. The molecular formula is C23H22N6O4. The lowest BCUT2D eigenvalue weighted by Crippen LogP contribution is -2.41. The summed E-state index contributed by atoms with van der Waals surface area (Å²) in [4.78, 5) is 42.1. The van der Waals surface area contributed by atoms with Crippen LogP contribution >= 0.6 is 0 Å². The Morgan fingerprint density at radius 1 is 1.00 bits per heavy atom. The van der Waals surface area contributed by atoms with Gasteiger partial charge in [-0.25, -0.2) is 4.79 Å². The van der Waals surface area contributed by atoms with Gasteiger partial charge in [0.25, 0.3) is 5.56 Å². The SMILES string of the molecule is CCn1c(=O)c(-c2noc(C(=O)NCc3ccc(C)cc3)n2)nn(-c2ccc(C)cc2)c1=O. The van der Waals surface area contributed by atoms with Gasteiger partial charge in [-0.05, 0) is 38.5 Å². The molecule has 2 aromatic carbocycles. The van der Waals surface area contributed by atoms with Crippen molar-refractivity contribution in [2.24, 2.45) is 0 Å². The van der Waals surface area contributed by atoms with Crippen molar-refractivity contribution in [2.45, 2.75) is 33.9 Å². The summed E-state index contributed by atoms with van der Waals surface area (Å²) in [5.74, 6) is -1.07. The fourth-order valence-electron chi connectivity index (χ4n) is 3.16. The van der Waals surface area contributed by atoms with Crippen LogP contribution in [0.3, 0.4) is 0 Å². The van der Waals surface area contributed by atoms with E-state index in [1.807, 2.05) is 50.2 Å². The molecule has 0 saturated carbocycles. The summed E-state index contributed by atoms with van der Waals surface area (Å²) in [7, 11) is 0. The molecule has 0 saturated heterocycles. The van der Waals surface area contributed by atoms with Gasteiger partial charge in [0.1, 0.15) is 0 Å². The summed E-state index contributed by atoms with van der Waals surface area (Å²) >= 11 is 0. The van der Waals surface area contributed by atoms with E-state index in [9.17, 15) is 14.4 Å². The van der Waals surface area contributed by atoms with Crippen molar-refractivity contribution in [1.82, 2.24) is 29.8 Å². The summed E-state index contributed by atoms with van der Waals surface area (Å²) in [6, 6.07) is 14.8. The van der Waals surface area contributed by atoms with E-state index in [1.165, 1.54) is 0 Å². The standard InChI is InChI=1S/C23H22N6O4/c1-4-28-22(31)18(26-29(23(28)32)17-11-7-15(3)8-12-17)19-25-21(33-27-19)20(30)24-13-16-9-5-14(2)6-10-16/h5-12H,4,13H2,1-3H3,(H,24,30). The zero-order chi connectivity index (χ0) is 23.5. The van der Waals surface area contributed by atoms with Crippen LogP contribution in [0.2, 0.25) is 0 Å². The molecule has 2 heterocycles. The first-order valence-electron chi connectivity index (χ1n) is 10.4. The summed E-state index contributed by atoms with van der Waals surface area (Å²) in [5, 5.41) is 10.6. The molecule has 0 bridgehead atoms. The molecule has 0 atom stereocenters. The molecule has 0 spiro atoms. The number of amides is 1. The fourth-order valence-corrected chi connectivity index (χ4v) is 3.16. The zero-order valence-electron chi connectivity index (χ0n) is 18.4. The second-order valence-corrected chi connectivity index (χ2v) is 7.52. The quantitative estimate of drug-likeness (QED) is 0.480. The van der Waals surface area contributed by atoms with E-state index in [1.54, 1.807) is 19.1 Å². The molecule has 0 fully saturated rings. The van der Waals surface area contributed by atoms with E-state index in [0.717, 1.165) is 25.9 Å². The van der Waals surface area contributed by atoms with Gasteiger partial charge in [-0.15, -0.1) is 0 Å². The van der Waals surface area contributed by atoms with Crippen LogP contribution in [-0.4, -0.2) is 30.4 Å². The number of aryl methyl sites for hydroxylation is 2. The van der Waals surface area contributed by atoms with Crippen molar-refractivity contribution in [3.05, 3.63) is 92.0 Å². The average Bonchev–Trinajstić information content (AvgIpc) is 3.30.